The summed E-state index contributed by atoms with van der Waals surface area (Å²) < 4.78 is 0. The first-order chi connectivity index (χ1) is 9.93. The highest BCUT2D eigenvalue weighted by Gasteiger charge is 2.33. The number of benzene rings is 1. The van der Waals surface area contributed by atoms with E-state index in [2.05, 4.69) is 0 Å². The Hall–Kier alpha value is -1.20. The van der Waals surface area contributed by atoms with Crippen LogP contribution in [-0.2, 0) is 4.79 Å². The van der Waals surface area contributed by atoms with E-state index >= 15 is 0 Å². The molecule has 0 aliphatic carbocycles. The normalized spacial score (nSPS) is 22.1. The second kappa shape index (κ2) is 6.71. The number of rotatable bonds is 3. The van der Waals surface area contributed by atoms with Crippen molar-refractivity contribution in [3.8, 4) is 0 Å². The van der Waals surface area contributed by atoms with Crippen molar-refractivity contribution in [1.82, 2.24) is 4.90 Å². The second-order valence-corrected chi connectivity index (χ2v) is 6.55. The smallest absolute Gasteiger partial charge is 0.308 e. The van der Waals surface area contributed by atoms with Crippen molar-refractivity contribution in [1.29, 1.82) is 0 Å². The van der Waals surface area contributed by atoms with Crippen LogP contribution in [-0.4, -0.2) is 40.7 Å². The largest absolute Gasteiger partial charge is 0.481 e. The summed E-state index contributed by atoms with van der Waals surface area (Å²) in [6.07, 6.45) is 3.24. The van der Waals surface area contributed by atoms with E-state index in [1.807, 2.05) is 19.2 Å². The van der Waals surface area contributed by atoms with Crippen molar-refractivity contribution in [2.24, 2.45) is 5.92 Å². The number of hydrogen-bond donors (Lipinski definition) is 1. The molecule has 114 valence electrons. The topological polar surface area (TPSA) is 57.6 Å². The summed E-state index contributed by atoms with van der Waals surface area (Å²) in [6, 6.07) is 5.38. The van der Waals surface area contributed by atoms with Crippen molar-refractivity contribution in [3.05, 3.63) is 28.8 Å². The fourth-order valence-electron chi connectivity index (χ4n) is 2.54. The number of halogens is 1. The summed E-state index contributed by atoms with van der Waals surface area (Å²) in [7, 11) is 0. The number of piperidine rings is 1. The van der Waals surface area contributed by atoms with E-state index in [1.165, 1.54) is 11.8 Å². The number of likely N-dealkylation sites (tertiary alicyclic amines) is 1. The second-order valence-electron chi connectivity index (χ2n) is 5.26. The van der Waals surface area contributed by atoms with Gasteiger partial charge in [-0.25, -0.2) is 0 Å². The molecule has 1 amide bonds. The third-order valence-corrected chi connectivity index (χ3v) is 4.95. The first kappa shape index (κ1) is 16.2. The van der Waals surface area contributed by atoms with Crippen LogP contribution in [0.15, 0.2) is 23.1 Å². The zero-order valence-corrected chi connectivity index (χ0v) is 13.6. The van der Waals surface area contributed by atoms with Crippen LogP contribution in [0.4, 0.5) is 0 Å². The molecule has 0 saturated carbocycles. The molecule has 1 aliphatic heterocycles. The van der Waals surface area contributed by atoms with E-state index in [9.17, 15) is 9.59 Å². The van der Waals surface area contributed by atoms with Crippen LogP contribution in [0, 0.1) is 5.92 Å². The van der Waals surface area contributed by atoms with Crippen LogP contribution < -0.4 is 0 Å². The lowest BCUT2D eigenvalue weighted by atomic mass is 9.93. The number of hydrogen-bond acceptors (Lipinski definition) is 3. The summed E-state index contributed by atoms with van der Waals surface area (Å²) >= 11 is 7.68. The first-order valence-electron chi connectivity index (χ1n) is 6.81. The van der Waals surface area contributed by atoms with Gasteiger partial charge in [-0.15, -0.1) is 11.8 Å². The molecule has 1 heterocycles. The molecule has 2 unspecified atom stereocenters. The number of nitrogens with zero attached hydrogens (tertiary/aromatic N) is 1. The van der Waals surface area contributed by atoms with Gasteiger partial charge in [0.25, 0.3) is 5.91 Å². The van der Waals surface area contributed by atoms with Gasteiger partial charge in [0, 0.05) is 17.5 Å². The SMILES string of the molecule is CSc1ccc(Cl)c(C(=O)N2CC(C(=O)O)CCC2C)c1. The monoisotopic (exact) mass is 327 g/mol. The Bertz CT molecular complexity index is 564. The van der Waals surface area contributed by atoms with Crippen LogP contribution in [0.5, 0.6) is 0 Å². The lowest BCUT2D eigenvalue weighted by molar-refractivity contribution is -0.143. The van der Waals surface area contributed by atoms with Gasteiger partial charge >= 0.3 is 5.97 Å². The average Bonchev–Trinajstić information content (AvgIpc) is 2.47. The van der Waals surface area contributed by atoms with Crippen LogP contribution in [0.3, 0.4) is 0 Å². The lowest BCUT2D eigenvalue weighted by Gasteiger charge is -2.36. The molecular formula is C15H18ClNO3S. The summed E-state index contributed by atoms with van der Waals surface area (Å²) in [4.78, 5) is 26.5. The molecule has 2 rings (SSSR count). The summed E-state index contributed by atoms with van der Waals surface area (Å²) in [5.74, 6) is -1.52. The molecule has 2 atom stereocenters. The molecule has 1 aromatic rings. The summed E-state index contributed by atoms with van der Waals surface area (Å²) in [5, 5.41) is 9.57. The van der Waals surface area contributed by atoms with Gasteiger partial charge in [-0.1, -0.05) is 11.6 Å². The Morgan fingerprint density at radius 3 is 2.71 bits per heavy atom. The molecular weight excluding hydrogens is 310 g/mol. The Morgan fingerprint density at radius 1 is 1.38 bits per heavy atom. The van der Waals surface area contributed by atoms with Gasteiger partial charge in [0.15, 0.2) is 0 Å². The van der Waals surface area contributed by atoms with Crippen LogP contribution >= 0.6 is 23.4 Å². The Kier molecular flexibility index (Phi) is 5.17. The zero-order chi connectivity index (χ0) is 15.6. The van der Waals surface area contributed by atoms with Gasteiger partial charge in [0.2, 0.25) is 0 Å². The van der Waals surface area contributed by atoms with Gasteiger partial charge in [-0.3, -0.25) is 9.59 Å². The van der Waals surface area contributed by atoms with Crippen molar-refractivity contribution < 1.29 is 14.7 Å². The van der Waals surface area contributed by atoms with E-state index in [-0.39, 0.29) is 18.5 Å². The molecule has 0 spiro atoms. The zero-order valence-electron chi connectivity index (χ0n) is 12.0. The summed E-state index contributed by atoms with van der Waals surface area (Å²) in [5.41, 5.74) is 0.446. The molecule has 21 heavy (non-hydrogen) atoms. The minimum atomic E-state index is -0.844. The molecule has 1 fully saturated rings. The van der Waals surface area contributed by atoms with Gasteiger partial charge in [0.1, 0.15) is 0 Å². The Morgan fingerprint density at radius 2 is 2.10 bits per heavy atom. The third kappa shape index (κ3) is 3.52. The number of carbonyl (C=O) groups is 2. The van der Waals surface area contributed by atoms with E-state index < -0.39 is 11.9 Å². The molecule has 0 radical (unpaired) electrons. The van der Waals surface area contributed by atoms with Crippen molar-refractivity contribution in [2.75, 3.05) is 12.8 Å². The molecule has 1 aromatic carbocycles. The molecule has 6 heteroatoms. The van der Waals surface area contributed by atoms with E-state index in [4.69, 9.17) is 16.7 Å². The predicted octanol–water partition coefficient (Wildman–Crippen LogP) is 3.39. The standard InChI is InChI=1S/C15H18ClNO3S/c1-9-3-4-10(15(19)20)8-17(9)14(18)12-7-11(21-2)5-6-13(12)16/h5-7,9-10H,3-4,8H2,1-2H3,(H,19,20). The van der Waals surface area contributed by atoms with Gasteiger partial charge in [-0.2, -0.15) is 0 Å². The predicted molar refractivity (Wildman–Crippen MR) is 84.1 cm³/mol. The molecule has 4 nitrogen and oxygen atoms in total. The maximum Gasteiger partial charge on any atom is 0.308 e. The quantitative estimate of drug-likeness (QED) is 0.865. The fourth-order valence-corrected chi connectivity index (χ4v) is 3.18. The highest BCUT2D eigenvalue weighted by Crippen LogP contribution is 2.28. The van der Waals surface area contributed by atoms with Crippen LogP contribution in [0.25, 0.3) is 0 Å². The number of amides is 1. The number of aliphatic carboxylic acids is 1. The average molecular weight is 328 g/mol. The van der Waals surface area contributed by atoms with Crippen molar-refractivity contribution >= 4 is 35.2 Å². The number of carbonyl (C=O) groups excluding carboxylic acids is 1. The molecule has 1 aliphatic rings. The third-order valence-electron chi connectivity index (χ3n) is 3.90. The fraction of sp³-hybridized carbons (Fsp3) is 0.467. The van der Waals surface area contributed by atoms with Gasteiger partial charge in [-0.05, 0) is 44.2 Å². The van der Waals surface area contributed by atoms with Crippen molar-refractivity contribution in [2.45, 2.75) is 30.7 Å². The Labute approximate surface area is 133 Å². The van der Waals surface area contributed by atoms with Crippen molar-refractivity contribution in [3.63, 3.8) is 0 Å². The van der Waals surface area contributed by atoms with Crippen LogP contribution in [0.2, 0.25) is 5.02 Å². The van der Waals surface area contributed by atoms with E-state index in [0.717, 1.165) is 4.90 Å². The molecule has 1 saturated heterocycles. The Balaban J connectivity index is 2.27. The number of thioether (sulfide) groups is 1. The first-order valence-corrected chi connectivity index (χ1v) is 8.41. The number of carboxylic acid groups (broad SMARTS) is 1. The molecule has 0 bridgehead atoms. The van der Waals surface area contributed by atoms with Gasteiger partial charge < -0.3 is 10.0 Å². The highest BCUT2D eigenvalue weighted by molar-refractivity contribution is 7.98. The van der Waals surface area contributed by atoms with Gasteiger partial charge in [0.05, 0.1) is 16.5 Å². The highest BCUT2D eigenvalue weighted by atomic mass is 35.5. The minimum absolute atomic E-state index is 0.0297. The molecule has 0 aromatic heterocycles. The minimum Gasteiger partial charge on any atom is -0.481 e. The molecule has 1 N–H and O–H groups in total. The lowest BCUT2D eigenvalue weighted by Crippen LogP contribution is -2.47. The maximum atomic E-state index is 12.7. The van der Waals surface area contributed by atoms with E-state index in [1.54, 1.807) is 17.0 Å². The van der Waals surface area contributed by atoms with E-state index in [0.29, 0.717) is 23.4 Å². The maximum absolute atomic E-state index is 12.7. The number of carboxylic acids is 1. The van der Waals surface area contributed by atoms with Crippen LogP contribution in [0.1, 0.15) is 30.1 Å². The summed E-state index contributed by atoms with van der Waals surface area (Å²) in [6.45, 7) is 2.19.